The number of fused-ring (bicyclic) bond motifs is 1. The average molecular weight is 219 g/mol. The number of halogens is 1. The van der Waals surface area contributed by atoms with Gasteiger partial charge in [-0.15, -0.1) is 0 Å². The van der Waals surface area contributed by atoms with Gasteiger partial charge in [-0.3, -0.25) is 0 Å². The molecular weight excluding hydrogens is 209 g/mol. The van der Waals surface area contributed by atoms with Crippen LogP contribution in [-0.4, -0.2) is 16.1 Å². The van der Waals surface area contributed by atoms with Crippen molar-refractivity contribution in [1.29, 1.82) is 0 Å². The lowest BCUT2D eigenvalue weighted by atomic mass is 10.1. The first kappa shape index (κ1) is 10.5. The topological polar surface area (TPSA) is 50.2 Å². The Balaban J connectivity index is 2.95. The van der Waals surface area contributed by atoms with Crippen LogP contribution in [-0.2, 0) is 0 Å². The Morgan fingerprint density at radius 1 is 1.31 bits per heavy atom. The molecule has 82 valence electrons. The number of carbonyl (C=O) groups is 1. The summed E-state index contributed by atoms with van der Waals surface area (Å²) in [7, 11) is 0. The highest BCUT2D eigenvalue weighted by Crippen LogP contribution is 2.22. The summed E-state index contributed by atoms with van der Waals surface area (Å²) in [6.07, 6.45) is 0. The smallest absolute Gasteiger partial charge is 0.336 e. The quantitative estimate of drug-likeness (QED) is 0.802. The van der Waals surface area contributed by atoms with Gasteiger partial charge in [-0.25, -0.2) is 14.2 Å². The van der Waals surface area contributed by atoms with Gasteiger partial charge in [-0.05, 0) is 37.6 Å². The Kier molecular flexibility index (Phi) is 2.34. The van der Waals surface area contributed by atoms with Crippen molar-refractivity contribution >= 4 is 16.9 Å². The molecule has 2 rings (SSSR count). The van der Waals surface area contributed by atoms with Crippen LogP contribution >= 0.6 is 0 Å². The molecule has 0 radical (unpaired) electrons. The minimum absolute atomic E-state index is 0.0881. The van der Waals surface area contributed by atoms with E-state index in [1.807, 2.05) is 0 Å². The maximum absolute atomic E-state index is 13.6. The first-order valence-electron chi connectivity index (χ1n) is 4.80. The molecule has 0 aliphatic heterocycles. The van der Waals surface area contributed by atoms with Gasteiger partial charge >= 0.3 is 5.97 Å². The number of aromatic nitrogens is 1. The zero-order valence-corrected chi connectivity index (χ0v) is 8.91. The lowest BCUT2D eigenvalue weighted by molar-refractivity contribution is 0.0699. The number of hydrogen-bond acceptors (Lipinski definition) is 2. The summed E-state index contributed by atoms with van der Waals surface area (Å²) in [5, 5.41) is 9.38. The molecule has 16 heavy (non-hydrogen) atoms. The lowest BCUT2D eigenvalue weighted by Gasteiger charge is -2.06. The molecule has 0 fully saturated rings. The molecule has 0 bridgehead atoms. The zero-order valence-electron chi connectivity index (χ0n) is 8.91. The summed E-state index contributed by atoms with van der Waals surface area (Å²) < 4.78 is 13.6. The second-order valence-electron chi connectivity index (χ2n) is 3.76. The third-order valence-corrected chi connectivity index (χ3v) is 2.37. The molecule has 0 aliphatic rings. The van der Waals surface area contributed by atoms with Crippen LogP contribution in [0.25, 0.3) is 10.9 Å². The number of nitrogens with zero attached hydrogens (tertiary/aromatic N) is 1. The van der Waals surface area contributed by atoms with Crippen LogP contribution in [0.15, 0.2) is 18.2 Å². The van der Waals surface area contributed by atoms with Crippen LogP contribution in [0.3, 0.4) is 0 Å². The molecule has 0 amide bonds. The SMILES string of the molecule is Cc1cc(F)c2nc(C)cc(C(=O)O)c2c1. The van der Waals surface area contributed by atoms with Gasteiger partial charge in [-0.1, -0.05) is 0 Å². The van der Waals surface area contributed by atoms with Crippen LogP contribution in [0.5, 0.6) is 0 Å². The van der Waals surface area contributed by atoms with Crippen molar-refractivity contribution in [3.05, 3.63) is 40.8 Å². The number of carboxylic acid groups (broad SMARTS) is 1. The molecule has 0 unspecified atom stereocenters. The minimum atomic E-state index is -1.07. The highest BCUT2D eigenvalue weighted by Gasteiger charge is 2.13. The second kappa shape index (κ2) is 3.56. The number of aromatic carboxylic acids is 1. The van der Waals surface area contributed by atoms with E-state index in [4.69, 9.17) is 5.11 Å². The maximum Gasteiger partial charge on any atom is 0.336 e. The van der Waals surface area contributed by atoms with Crippen LogP contribution in [0.4, 0.5) is 4.39 Å². The first-order chi connectivity index (χ1) is 7.49. The predicted molar refractivity (Wildman–Crippen MR) is 58.1 cm³/mol. The first-order valence-corrected chi connectivity index (χ1v) is 4.80. The van der Waals surface area contributed by atoms with Gasteiger partial charge in [0.05, 0.1) is 5.56 Å². The molecule has 1 aromatic carbocycles. The predicted octanol–water partition coefficient (Wildman–Crippen LogP) is 2.69. The summed E-state index contributed by atoms with van der Waals surface area (Å²) in [6, 6.07) is 4.43. The Morgan fingerprint density at radius 3 is 2.62 bits per heavy atom. The molecule has 4 heteroatoms. The third-order valence-electron chi connectivity index (χ3n) is 2.37. The van der Waals surface area contributed by atoms with Crippen molar-refractivity contribution in [2.45, 2.75) is 13.8 Å². The zero-order chi connectivity index (χ0) is 11.9. The molecule has 0 spiro atoms. The van der Waals surface area contributed by atoms with E-state index < -0.39 is 11.8 Å². The molecule has 0 atom stereocenters. The summed E-state index contributed by atoms with van der Waals surface area (Å²) in [5.41, 5.74) is 1.37. The van der Waals surface area contributed by atoms with E-state index in [1.54, 1.807) is 19.9 Å². The van der Waals surface area contributed by atoms with Crippen molar-refractivity contribution in [3.8, 4) is 0 Å². The van der Waals surface area contributed by atoms with Crippen molar-refractivity contribution < 1.29 is 14.3 Å². The van der Waals surface area contributed by atoms with Crippen LogP contribution in [0.1, 0.15) is 21.6 Å². The maximum atomic E-state index is 13.6. The fourth-order valence-electron chi connectivity index (χ4n) is 1.73. The van der Waals surface area contributed by atoms with Gasteiger partial charge in [0.1, 0.15) is 11.3 Å². The number of rotatable bonds is 1. The third kappa shape index (κ3) is 1.62. The molecule has 0 saturated carbocycles. The Labute approximate surface area is 91.5 Å². The second-order valence-corrected chi connectivity index (χ2v) is 3.76. The number of pyridine rings is 1. The monoisotopic (exact) mass is 219 g/mol. The van der Waals surface area contributed by atoms with Gasteiger partial charge in [0.25, 0.3) is 0 Å². The largest absolute Gasteiger partial charge is 0.478 e. The minimum Gasteiger partial charge on any atom is -0.478 e. The number of hydrogen-bond donors (Lipinski definition) is 1. The van der Waals surface area contributed by atoms with E-state index in [0.717, 1.165) is 0 Å². The fourth-order valence-corrected chi connectivity index (χ4v) is 1.73. The molecular formula is C12H10FNO2. The van der Waals surface area contributed by atoms with Crippen LogP contribution < -0.4 is 0 Å². The van der Waals surface area contributed by atoms with Crippen molar-refractivity contribution in [1.82, 2.24) is 4.98 Å². The normalized spacial score (nSPS) is 10.7. The van der Waals surface area contributed by atoms with Gasteiger partial charge in [0.15, 0.2) is 0 Å². The Hall–Kier alpha value is -1.97. The molecule has 2 aromatic rings. The summed E-state index contributed by atoms with van der Waals surface area (Å²) in [5.74, 6) is -1.55. The van der Waals surface area contributed by atoms with Gasteiger partial charge in [-0.2, -0.15) is 0 Å². The van der Waals surface area contributed by atoms with E-state index in [1.165, 1.54) is 12.1 Å². The van der Waals surface area contributed by atoms with Crippen LogP contribution in [0.2, 0.25) is 0 Å². The van der Waals surface area contributed by atoms with Gasteiger partial charge in [0.2, 0.25) is 0 Å². The van der Waals surface area contributed by atoms with E-state index in [2.05, 4.69) is 4.98 Å². The van der Waals surface area contributed by atoms with Crippen molar-refractivity contribution in [2.24, 2.45) is 0 Å². The summed E-state index contributed by atoms with van der Waals surface area (Å²) >= 11 is 0. The lowest BCUT2D eigenvalue weighted by Crippen LogP contribution is -2.01. The number of benzene rings is 1. The molecule has 1 aromatic heterocycles. The highest BCUT2D eigenvalue weighted by atomic mass is 19.1. The number of aryl methyl sites for hydroxylation is 2. The molecule has 3 nitrogen and oxygen atoms in total. The van der Waals surface area contributed by atoms with E-state index in [-0.39, 0.29) is 11.1 Å². The van der Waals surface area contributed by atoms with Gasteiger partial charge < -0.3 is 5.11 Å². The molecule has 0 aliphatic carbocycles. The molecule has 1 heterocycles. The standard InChI is InChI=1S/C12H10FNO2/c1-6-3-8-9(12(15)16)5-7(2)14-11(8)10(13)4-6/h3-5H,1-2H3,(H,15,16). The number of carboxylic acids is 1. The van der Waals surface area contributed by atoms with E-state index >= 15 is 0 Å². The van der Waals surface area contributed by atoms with Gasteiger partial charge in [0, 0.05) is 11.1 Å². The summed E-state index contributed by atoms with van der Waals surface area (Å²) in [6.45, 7) is 3.36. The highest BCUT2D eigenvalue weighted by molar-refractivity contribution is 6.02. The Bertz CT molecular complexity index is 593. The van der Waals surface area contributed by atoms with Crippen molar-refractivity contribution in [2.75, 3.05) is 0 Å². The Morgan fingerprint density at radius 2 is 2.00 bits per heavy atom. The van der Waals surface area contributed by atoms with Crippen LogP contribution in [0, 0.1) is 19.7 Å². The van der Waals surface area contributed by atoms with E-state index in [9.17, 15) is 9.18 Å². The molecule has 1 N–H and O–H groups in total. The fraction of sp³-hybridized carbons (Fsp3) is 0.167. The van der Waals surface area contributed by atoms with Crippen molar-refractivity contribution in [3.63, 3.8) is 0 Å². The van der Waals surface area contributed by atoms with E-state index in [0.29, 0.717) is 16.6 Å². The summed E-state index contributed by atoms with van der Waals surface area (Å²) in [4.78, 5) is 15.1. The molecule has 0 saturated heterocycles. The average Bonchev–Trinajstić information content (AvgIpc) is 2.18.